The lowest BCUT2D eigenvalue weighted by molar-refractivity contribution is -0.142. The number of aryl methyl sites for hydroxylation is 1. The van der Waals surface area contributed by atoms with Gasteiger partial charge in [0.05, 0.1) is 24.7 Å². The minimum atomic E-state index is -0.373. The minimum Gasteiger partial charge on any atom is -0.466 e. The van der Waals surface area contributed by atoms with Crippen molar-refractivity contribution in [3.63, 3.8) is 0 Å². The maximum atomic E-state index is 11.3. The van der Waals surface area contributed by atoms with E-state index in [1.807, 2.05) is 6.07 Å². The SMILES string of the molecule is CCOC(=O)Cc1cc(C)c(C=O)cc1C#N. The average Bonchev–Trinajstić information content (AvgIpc) is 2.29. The molecule has 0 N–H and O–H groups in total. The van der Waals surface area contributed by atoms with Gasteiger partial charge in [-0.1, -0.05) is 6.07 Å². The molecule has 0 spiro atoms. The Hall–Kier alpha value is -2.15. The van der Waals surface area contributed by atoms with Crippen molar-refractivity contribution < 1.29 is 14.3 Å². The lowest BCUT2D eigenvalue weighted by Gasteiger charge is -2.07. The van der Waals surface area contributed by atoms with E-state index < -0.39 is 0 Å². The van der Waals surface area contributed by atoms with Gasteiger partial charge < -0.3 is 4.74 Å². The molecule has 4 heteroatoms. The molecule has 0 bridgehead atoms. The lowest BCUT2D eigenvalue weighted by Crippen LogP contribution is -2.09. The van der Waals surface area contributed by atoms with Crippen molar-refractivity contribution in [1.82, 2.24) is 0 Å². The zero-order valence-corrected chi connectivity index (χ0v) is 9.82. The van der Waals surface area contributed by atoms with Crippen LogP contribution in [0.3, 0.4) is 0 Å². The molecule has 88 valence electrons. The van der Waals surface area contributed by atoms with Gasteiger partial charge in [-0.05, 0) is 31.0 Å². The number of nitrogens with zero attached hydrogens (tertiary/aromatic N) is 1. The molecule has 0 saturated heterocycles. The molecule has 0 aromatic heterocycles. The quantitative estimate of drug-likeness (QED) is 0.585. The first-order chi connectivity index (χ1) is 8.12. The molecule has 0 heterocycles. The number of hydrogen-bond acceptors (Lipinski definition) is 4. The lowest BCUT2D eigenvalue weighted by atomic mass is 9.98. The Morgan fingerprint density at radius 3 is 2.76 bits per heavy atom. The van der Waals surface area contributed by atoms with E-state index in [2.05, 4.69) is 0 Å². The summed E-state index contributed by atoms with van der Waals surface area (Å²) in [5, 5.41) is 8.95. The van der Waals surface area contributed by atoms with E-state index in [1.54, 1.807) is 19.9 Å². The van der Waals surface area contributed by atoms with Crippen LogP contribution in [0.4, 0.5) is 0 Å². The number of carbonyl (C=O) groups excluding carboxylic acids is 2. The molecular weight excluding hydrogens is 218 g/mol. The first-order valence-corrected chi connectivity index (χ1v) is 5.26. The van der Waals surface area contributed by atoms with Gasteiger partial charge in [0.2, 0.25) is 0 Å². The molecule has 17 heavy (non-hydrogen) atoms. The first-order valence-electron chi connectivity index (χ1n) is 5.26. The molecule has 0 aliphatic heterocycles. The van der Waals surface area contributed by atoms with Crippen molar-refractivity contribution in [1.29, 1.82) is 5.26 Å². The number of esters is 1. The van der Waals surface area contributed by atoms with Gasteiger partial charge in [0.1, 0.15) is 6.29 Å². The van der Waals surface area contributed by atoms with Crippen LogP contribution in [0.25, 0.3) is 0 Å². The summed E-state index contributed by atoms with van der Waals surface area (Å²) in [4.78, 5) is 22.1. The molecule has 0 fully saturated rings. The molecule has 0 aliphatic rings. The Labute approximate surface area is 99.8 Å². The predicted molar refractivity (Wildman–Crippen MR) is 61.6 cm³/mol. The van der Waals surface area contributed by atoms with Crippen LogP contribution in [-0.2, 0) is 16.0 Å². The van der Waals surface area contributed by atoms with Gasteiger partial charge in [0.25, 0.3) is 0 Å². The van der Waals surface area contributed by atoms with E-state index >= 15 is 0 Å². The van der Waals surface area contributed by atoms with Crippen molar-refractivity contribution in [2.45, 2.75) is 20.3 Å². The molecule has 0 aliphatic carbocycles. The van der Waals surface area contributed by atoms with Crippen molar-refractivity contribution in [2.24, 2.45) is 0 Å². The molecule has 0 radical (unpaired) electrons. The second kappa shape index (κ2) is 5.80. The minimum absolute atomic E-state index is 0.0523. The Balaban J connectivity index is 3.07. The molecule has 0 amide bonds. The standard InChI is InChI=1S/C13H13NO3/c1-3-17-13(16)6-10-4-9(2)12(8-15)5-11(10)7-14/h4-5,8H,3,6H2,1-2H3. The van der Waals surface area contributed by atoms with E-state index in [9.17, 15) is 9.59 Å². The summed E-state index contributed by atoms with van der Waals surface area (Å²) in [5.41, 5.74) is 2.15. The number of ether oxygens (including phenoxy) is 1. The molecule has 1 rings (SSSR count). The first kappa shape index (κ1) is 12.9. The Morgan fingerprint density at radius 1 is 1.53 bits per heavy atom. The molecule has 1 aromatic carbocycles. The molecular formula is C13H13NO3. The van der Waals surface area contributed by atoms with Gasteiger partial charge in [0.15, 0.2) is 0 Å². The summed E-state index contributed by atoms with van der Waals surface area (Å²) in [6.45, 7) is 3.80. The highest BCUT2D eigenvalue weighted by molar-refractivity contribution is 5.80. The number of benzene rings is 1. The summed E-state index contributed by atoms with van der Waals surface area (Å²) in [7, 11) is 0. The van der Waals surface area contributed by atoms with Crippen LogP contribution in [0.1, 0.15) is 34.0 Å². The highest BCUT2D eigenvalue weighted by atomic mass is 16.5. The van der Waals surface area contributed by atoms with Crippen LogP contribution in [0.5, 0.6) is 0 Å². The van der Waals surface area contributed by atoms with Crippen LogP contribution < -0.4 is 0 Å². The Kier molecular flexibility index (Phi) is 4.41. The molecule has 4 nitrogen and oxygen atoms in total. The van der Waals surface area contributed by atoms with Gasteiger partial charge >= 0.3 is 5.97 Å². The molecule has 0 unspecified atom stereocenters. The maximum absolute atomic E-state index is 11.3. The van der Waals surface area contributed by atoms with E-state index in [4.69, 9.17) is 10.00 Å². The fourth-order valence-corrected chi connectivity index (χ4v) is 1.53. The zero-order valence-electron chi connectivity index (χ0n) is 9.82. The maximum Gasteiger partial charge on any atom is 0.310 e. The van der Waals surface area contributed by atoms with Crippen LogP contribution in [0.15, 0.2) is 12.1 Å². The van der Waals surface area contributed by atoms with Crippen molar-refractivity contribution in [3.05, 3.63) is 34.4 Å². The van der Waals surface area contributed by atoms with Crippen molar-refractivity contribution >= 4 is 12.3 Å². The second-order valence-corrected chi connectivity index (χ2v) is 3.58. The number of hydrogen-bond donors (Lipinski definition) is 0. The van der Waals surface area contributed by atoms with Crippen LogP contribution in [0, 0.1) is 18.3 Å². The van der Waals surface area contributed by atoms with Crippen molar-refractivity contribution in [2.75, 3.05) is 6.61 Å². The zero-order chi connectivity index (χ0) is 12.8. The number of nitriles is 1. The van der Waals surface area contributed by atoms with Gasteiger partial charge in [0, 0.05) is 5.56 Å². The monoisotopic (exact) mass is 231 g/mol. The summed E-state index contributed by atoms with van der Waals surface area (Å²) >= 11 is 0. The topological polar surface area (TPSA) is 67.2 Å². The summed E-state index contributed by atoms with van der Waals surface area (Å²) < 4.78 is 4.82. The van der Waals surface area contributed by atoms with E-state index in [-0.39, 0.29) is 12.4 Å². The highest BCUT2D eigenvalue weighted by Gasteiger charge is 2.11. The number of aldehydes is 1. The van der Waals surface area contributed by atoms with Gasteiger partial charge in [-0.15, -0.1) is 0 Å². The second-order valence-electron chi connectivity index (χ2n) is 3.58. The molecule has 1 aromatic rings. The van der Waals surface area contributed by atoms with Crippen LogP contribution in [0.2, 0.25) is 0 Å². The third-order valence-corrected chi connectivity index (χ3v) is 2.38. The molecule has 0 atom stereocenters. The van der Waals surface area contributed by atoms with Gasteiger partial charge in [-0.3, -0.25) is 9.59 Å². The fraction of sp³-hybridized carbons (Fsp3) is 0.308. The van der Waals surface area contributed by atoms with Gasteiger partial charge in [-0.2, -0.15) is 5.26 Å². The number of rotatable bonds is 4. The smallest absolute Gasteiger partial charge is 0.310 e. The molecule has 0 saturated carbocycles. The summed E-state index contributed by atoms with van der Waals surface area (Å²) in [6.07, 6.45) is 0.751. The Morgan fingerprint density at radius 2 is 2.24 bits per heavy atom. The van der Waals surface area contributed by atoms with Crippen LogP contribution in [-0.4, -0.2) is 18.9 Å². The van der Waals surface area contributed by atoms with Crippen LogP contribution >= 0.6 is 0 Å². The number of carbonyl (C=O) groups is 2. The van der Waals surface area contributed by atoms with E-state index in [1.165, 1.54) is 6.07 Å². The van der Waals surface area contributed by atoms with Gasteiger partial charge in [-0.25, -0.2) is 0 Å². The fourth-order valence-electron chi connectivity index (χ4n) is 1.53. The average molecular weight is 231 g/mol. The summed E-state index contributed by atoms with van der Waals surface area (Å²) in [5.74, 6) is -0.373. The third kappa shape index (κ3) is 3.15. The van der Waals surface area contributed by atoms with E-state index in [0.29, 0.717) is 29.6 Å². The van der Waals surface area contributed by atoms with Crippen molar-refractivity contribution in [3.8, 4) is 6.07 Å². The Bertz CT molecular complexity index is 486. The predicted octanol–water partition coefficient (Wildman–Crippen LogP) is 1.78. The third-order valence-electron chi connectivity index (χ3n) is 2.38. The largest absolute Gasteiger partial charge is 0.466 e. The highest BCUT2D eigenvalue weighted by Crippen LogP contribution is 2.16. The summed E-state index contributed by atoms with van der Waals surface area (Å²) in [6, 6.07) is 5.15. The normalized spacial score (nSPS) is 9.47. The van der Waals surface area contributed by atoms with E-state index in [0.717, 1.165) is 5.56 Å².